The molecule has 1 unspecified atom stereocenters. The van der Waals surface area contributed by atoms with Crippen molar-refractivity contribution in [2.24, 2.45) is 5.92 Å². The number of ether oxygens (including phenoxy) is 1. The van der Waals surface area contributed by atoms with Crippen LogP contribution in [0, 0.1) is 5.92 Å². The first-order valence-corrected chi connectivity index (χ1v) is 12.5. The zero-order valence-corrected chi connectivity index (χ0v) is 18.8. The lowest BCUT2D eigenvalue weighted by molar-refractivity contribution is -0.129. The van der Waals surface area contributed by atoms with E-state index in [1.54, 1.807) is 23.1 Å². The minimum Gasteiger partial charge on any atom is -0.477 e. The molecule has 170 valence electrons. The standard InChI is InChI=1S/C23H27N3O5S/c1-32(29,30)25-13-11-18(12-14-25)23(28)26-16-21(31-20-10-6-5-9-19(20)26)22(27)24-15-17-7-3-2-4-8-17/h2-10,18,21H,11-16H2,1H3,(H,24,27). The molecule has 2 aliphatic rings. The third kappa shape index (κ3) is 4.94. The number of nitrogens with zero attached hydrogens (tertiary/aromatic N) is 2. The van der Waals surface area contributed by atoms with Crippen LogP contribution in [0.1, 0.15) is 18.4 Å². The van der Waals surface area contributed by atoms with E-state index in [1.807, 2.05) is 36.4 Å². The quantitative estimate of drug-likeness (QED) is 0.738. The molecule has 1 atom stereocenters. The van der Waals surface area contributed by atoms with Crippen LogP contribution in [0.3, 0.4) is 0 Å². The van der Waals surface area contributed by atoms with Crippen LogP contribution in [0.5, 0.6) is 5.75 Å². The van der Waals surface area contributed by atoms with Gasteiger partial charge in [0, 0.05) is 25.6 Å². The minimum atomic E-state index is -3.26. The van der Waals surface area contributed by atoms with Crippen LogP contribution in [-0.2, 0) is 26.2 Å². The number of anilines is 1. The van der Waals surface area contributed by atoms with Gasteiger partial charge in [0.2, 0.25) is 15.9 Å². The molecule has 9 heteroatoms. The molecule has 0 aromatic heterocycles. The van der Waals surface area contributed by atoms with Gasteiger partial charge in [-0.25, -0.2) is 12.7 Å². The lowest BCUT2D eigenvalue weighted by Gasteiger charge is -2.37. The monoisotopic (exact) mass is 457 g/mol. The Morgan fingerprint density at radius 2 is 1.69 bits per heavy atom. The number of nitrogens with one attached hydrogen (secondary N) is 1. The molecule has 1 fully saturated rings. The van der Waals surface area contributed by atoms with Gasteiger partial charge in [-0.3, -0.25) is 9.59 Å². The number of piperidine rings is 1. The number of carbonyl (C=O) groups is 2. The Morgan fingerprint density at radius 3 is 2.38 bits per heavy atom. The molecule has 0 saturated carbocycles. The maximum absolute atomic E-state index is 13.4. The number of rotatable bonds is 5. The van der Waals surface area contributed by atoms with Crippen molar-refractivity contribution < 1.29 is 22.7 Å². The second-order valence-corrected chi connectivity index (χ2v) is 10.1. The molecular weight excluding hydrogens is 430 g/mol. The molecule has 32 heavy (non-hydrogen) atoms. The van der Waals surface area contributed by atoms with Crippen molar-refractivity contribution >= 4 is 27.5 Å². The van der Waals surface area contributed by atoms with E-state index < -0.39 is 16.1 Å². The summed E-state index contributed by atoms with van der Waals surface area (Å²) in [5, 5.41) is 2.89. The van der Waals surface area contributed by atoms with Crippen molar-refractivity contribution in [3.63, 3.8) is 0 Å². The summed E-state index contributed by atoms with van der Waals surface area (Å²) >= 11 is 0. The summed E-state index contributed by atoms with van der Waals surface area (Å²) in [5.74, 6) is -0.199. The number of hydrogen-bond acceptors (Lipinski definition) is 5. The Kier molecular flexibility index (Phi) is 6.48. The van der Waals surface area contributed by atoms with Gasteiger partial charge in [0.15, 0.2) is 6.10 Å². The van der Waals surface area contributed by atoms with Crippen molar-refractivity contribution in [1.82, 2.24) is 9.62 Å². The maximum Gasteiger partial charge on any atom is 0.263 e. The third-order valence-electron chi connectivity index (χ3n) is 5.91. The summed E-state index contributed by atoms with van der Waals surface area (Å²) < 4.78 is 30.9. The summed E-state index contributed by atoms with van der Waals surface area (Å²) in [6.07, 6.45) is 1.27. The SMILES string of the molecule is CS(=O)(=O)N1CCC(C(=O)N2CC(C(=O)NCc3ccccc3)Oc3ccccc32)CC1. The van der Waals surface area contributed by atoms with Gasteiger partial charge in [0.25, 0.3) is 5.91 Å². The van der Waals surface area contributed by atoms with E-state index in [9.17, 15) is 18.0 Å². The number of amides is 2. The first-order valence-electron chi connectivity index (χ1n) is 10.7. The molecule has 2 aliphatic heterocycles. The fourth-order valence-electron chi connectivity index (χ4n) is 4.13. The normalized spacial score (nSPS) is 19.7. The fourth-order valence-corrected chi connectivity index (χ4v) is 5.01. The lowest BCUT2D eigenvalue weighted by atomic mass is 9.95. The Hall–Kier alpha value is -2.91. The highest BCUT2D eigenvalue weighted by atomic mass is 32.2. The zero-order chi connectivity index (χ0) is 22.7. The molecule has 1 saturated heterocycles. The van der Waals surface area contributed by atoms with Gasteiger partial charge < -0.3 is 15.0 Å². The van der Waals surface area contributed by atoms with Gasteiger partial charge in [-0.2, -0.15) is 0 Å². The Balaban J connectivity index is 1.46. The minimum absolute atomic E-state index is 0.102. The van der Waals surface area contributed by atoms with Crippen LogP contribution in [0.15, 0.2) is 54.6 Å². The number of sulfonamides is 1. The molecular formula is C23H27N3O5S. The van der Waals surface area contributed by atoms with Gasteiger partial charge in [0.05, 0.1) is 18.5 Å². The maximum atomic E-state index is 13.4. The average Bonchev–Trinajstić information content (AvgIpc) is 2.81. The smallest absolute Gasteiger partial charge is 0.263 e. The fraction of sp³-hybridized carbons (Fsp3) is 0.391. The molecule has 2 aromatic rings. The van der Waals surface area contributed by atoms with Crippen LogP contribution >= 0.6 is 0 Å². The summed E-state index contributed by atoms with van der Waals surface area (Å²) in [6, 6.07) is 16.8. The van der Waals surface area contributed by atoms with E-state index in [0.29, 0.717) is 43.9 Å². The van der Waals surface area contributed by atoms with Crippen molar-refractivity contribution in [3.05, 3.63) is 60.2 Å². The van der Waals surface area contributed by atoms with Gasteiger partial charge in [-0.1, -0.05) is 42.5 Å². The highest BCUT2D eigenvalue weighted by Crippen LogP contribution is 2.35. The van der Waals surface area contributed by atoms with E-state index in [4.69, 9.17) is 4.74 Å². The van der Waals surface area contributed by atoms with Gasteiger partial charge in [-0.05, 0) is 30.5 Å². The van der Waals surface area contributed by atoms with Gasteiger partial charge in [-0.15, -0.1) is 0 Å². The number of hydrogen-bond donors (Lipinski definition) is 1. The van der Waals surface area contributed by atoms with Crippen molar-refractivity contribution in [2.75, 3.05) is 30.8 Å². The summed E-state index contributed by atoms with van der Waals surface area (Å²) in [7, 11) is -3.26. The second kappa shape index (κ2) is 9.30. The Bertz CT molecular complexity index is 1080. The number of para-hydroxylation sites is 2. The van der Waals surface area contributed by atoms with E-state index in [-0.39, 0.29) is 24.3 Å². The summed E-state index contributed by atoms with van der Waals surface area (Å²) in [4.78, 5) is 27.8. The van der Waals surface area contributed by atoms with Gasteiger partial charge in [0.1, 0.15) is 5.75 Å². The number of carbonyl (C=O) groups excluding carboxylic acids is 2. The number of fused-ring (bicyclic) bond motifs is 1. The average molecular weight is 458 g/mol. The second-order valence-electron chi connectivity index (χ2n) is 8.16. The predicted molar refractivity (Wildman–Crippen MR) is 121 cm³/mol. The number of benzene rings is 2. The molecule has 2 amide bonds. The van der Waals surface area contributed by atoms with Crippen LogP contribution < -0.4 is 15.0 Å². The summed E-state index contributed by atoms with van der Waals surface area (Å²) in [6.45, 7) is 1.13. The van der Waals surface area contributed by atoms with Crippen molar-refractivity contribution in [3.8, 4) is 5.75 Å². The predicted octanol–water partition coefficient (Wildman–Crippen LogP) is 1.77. The molecule has 4 rings (SSSR count). The van der Waals surface area contributed by atoms with E-state index in [0.717, 1.165) is 5.56 Å². The highest BCUT2D eigenvalue weighted by Gasteiger charge is 2.38. The molecule has 1 N–H and O–H groups in total. The molecule has 2 aromatic carbocycles. The van der Waals surface area contributed by atoms with E-state index in [2.05, 4.69) is 5.32 Å². The summed E-state index contributed by atoms with van der Waals surface area (Å²) in [5.41, 5.74) is 1.61. The van der Waals surface area contributed by atoms with Crippen LogP contribution in [-0.4, -0.2) is 56.5 Å². The first kappa shape index (κ1) is 22.3. The third-order valence-corrected chi connectivity index (χ3v) is 7.22. The highest BCUT2D eigenvalue weighted by molar-refractivity contribution is 7.88. The van der Waals surface area contributed by atoms with E-state index in [1.165, 1.54) is 10.6 Å². The molecule has 2 heterocycles. The van der Waals surface area contributed by atoms with Crippen LogP contribution in [0.4, 0.5) is 5.69 Å². The van der Waals surface area contributed by atoms with Crippen LogP contribution in [0.25, 0.3) is 0 Å². The van der Waals surface area contributed by atoms with E-state index >= 15 is 0 Å². The molecule has 0 aliphatic carbocycles. The largest absolute Gasteiger partial charge is 0.477 e. The topological polar surface area (TPSA) is 96.0 Å². The zero-order valence-electron chi connectivity index (χ0n) is 17.9. The molecule has 0 spiro atoms. The van der Waals surface area contributed by atoms with Crippen molar-refractivity contribution in [2.45, 2.75) is 25.5 Å². The van der Waals surface area contributed by atoms with Gasteiger partial charge >= 0.3 is 0 Å². The van der Waals surface area contributed by atoms with Crippen molar-refractivity contribution in [1.29, 1.82) is 0 Å². The first-order chi connectivity index (χ1) is 15.3. The molecule has 8 nitrogen and oxygen atoms in total. The Labute approximate surface area is 188 Å². The lowest BCUT2D eigenvalue weighted by Crippen LogP contribution is -2.53. The molecule has 0 radical (unpaired) electrons. The van der Waals surface area contributed by atoms with Crippen LogP contribution in [0.2, 0.25) is 0 Å². The molecule has 0 bridgehead atoms. The Morgan fingerprint density at radius 1 is 1.03 bits per heavy atom.